The van der Waals surface area contributed by atoms with Crippen molar-refractivity contribution in [2.24, 2.45) is 0 Å². The number of benzene rings is 2. The average molecular weight is 357 g/mol. The second-order valence-electron chi connectivity index (χ2n) is 6.99. The summed E-state index contributed by atoms with van der Waals surface area (Å²) in [4.78, 5) is 12.2. The van der Waals surface area contributed by atoms with Gasteiger partial charge in [-0.15, -0.1) is 0 Å². The fourth-order valence-corrected chi connectivity index (χ4v) is 2.87. The molecule has 0 aromatic heterocycles. The number of nitrogens with one attached hydrogen (secondary N) is 1. The van der Waals surface area contributed by atoms with Crippen LogP contribution in [0.25, 0.3) is 6.08 Å². The maximum atomic E-state index is 12.0. The van der Waals surface area contributed by atoms with Crippen LogP contribution in [0.4, 0.5) is 5.69 Å². The SMILES string of the molecule is CC(C)(C)c1ccc(/C=C/C(=O)Nc2ccc(S(C)(=O)=O)cc2)cc1. The third kappa shape index (κ3) is 5.57. The van der Waals surface area contributed by atoms with Crippen molar-refractivity contribution >= 4 is 27.5 Å². The molecule has 0 heterocycles. The Kier molecular flexibility index (Phi) is 5.48. The molecule has 2 aromatic rings. The summed E-state index contributed by atoms with van der Waals surface area (Å²) < 4.78 is 22.8. The number of carbonyl (C=O) groups is 1. The second kappa shape index (κ2) is 7.23. The number of rotatable bonds is 4. The summed E-state index contributed by atoms with van der Waals surface area (Å²) in [7, 11) is -3.24. The molecule has 0 aliphatic carbocycles. The first-order valence-electron chi connectivity index (χ1n) is 7.95. The van der Waals surface area contributed by atoms with Gasteiger partial charge in [0.15, 0.2) is 9.84 Å². The standard InChI is InChI=1S/C20H23NO3S/c1-20(2,3)16-8-5-15(6-9-16)7-14-19(22)21-17-10-12-18(13-11-17)25(4,23)24/h5-14H,1-4H3,(H,21,22)/b14-7+. The highest BCUT2D eigenvalue weighted by molar-refractivity contribution is 7.90. The minimum Gasteiger partial charge on any atom is -0.323 e. The normalized spacial score (nSPS) is 12.3. The van der Waals surface area contributed by atoms with Crippen LogP contribution in [0, 0.1) is 0 Å². The van der Waals surface area contributed by atoms with E-state index in [9.17, 15) is 13.2 Å². The quantitative estimate of drug-likeness (QED) is 0.840. The molecule has 0 saturated carbocycles. The van der Waals surface area contributed by atoms with Crippen molar-refractivity contribution in [1.82, 2.24) is 0 Å². The Hall–Kier alpha value is -2.40. The highest BCUT2D eigenvalue weighted by atomic mass is 32.2. The van der Waals surface area contributed by atoms with Crippen molar-refractivity contribution in [2.45, 2.75) is 31.1 Å². The number of hydrogen-bond acceptors (Lipinski definition) is 3. The van der Waals surface area contributed by atoms with E-state index in [1.54, 1.807) is 18.2 Å². The topological polar surface area (TPSA) is 63.2 Å². The van der Waals surface area contributed by atoms with Crippen LogP contribution in [0.15, 0.2) is 59.5 Å². The van der Waals surface area contributed by atoms with E-state index < -0.39 is 9.84 Å². The zero-order valence-corrected chi connectivity index (χ0v) is 15.7. The molecule has 0 aliphatic heterocycles. The summed E-state index contributed by atoms with van der Waals surface area (Å²) in [6.07, 6.45) is 4.34. The van der Waals surface area contributed by atoms with Crippen LogP contribution in [-0.2, 0) is 20.0 Å². The molecule has 0 bridgehead atoms. The van der Waals surface area contributed by atoms with E-state index in [1.165, 1.54) is 23.8 Å². The van der Waals surface area contributed by atoms with Gasteiger partial charge in [0, 0.05) is 18.0 Å². The lowest BCUT2D eigenvalue weighted by Crippen LogP contribution is -2.10. The van der Waals surface area contributed by atoms with Gasteiger partial charge in [-0.25, -0.2) is 8.42 Å². The van der Waals surface area contributed by atoms with Crippen molar-refractivity contribution in [3.05, 3.63) is 65.7 Å². The van der Waals surface area contributed by atoms with E-state index in [0.29, 0.717) is 5.69 Å². The largest absolute Gasteiger partial charge is 0.323 e. The summed E-state index contributed by atoms with van der Waals surface area (Å²) in [5, 5.41) is 2.71. The molecule has 0 radical (unpaired) electrons. The van der Waals surface area contributed by atoms with E-state index in [1.807, 2.05) is 12.1 Å². The average Bonchev–Trinajstić information content (AvgIpc) is 2.52. The van der Waals surface area contributed by atoms with Gasteiger partial charge in [-0.1, -0.05) is 45.0 Å². The lowest BCUT2D eigenvalue weighted by Gasteiger charge is -2.18. The predicted molar refractivity (Wildman–Crippen MR) is 102 cm³/mol. The van der Waals surface area contributed by atoms with Gasteiger partial charge in [0.05, 0.1) is 4.90 Å². The van der Waals surface area contributed by atoms with Gasteiger partial charge in [-0.05, 0) is 46.9 Å². The Labute approximate surface area is 149 Å². The van der Waals surface area contributed by atoms with E-state index in [-0.39, 0.29) is 16.2 Å². The van der Waals surface area contributed by atoms with Gasteiger partial charge in [-0.2, -0.15) is 0 Å². The van der Waals surface area contributed by atoms with E-state index in [0.717, 1.165) is 11.8 Å². The Morgan fingerprint density at radius 3 is 2.00 bits per heavy atom. The van der Waals surface area contributed by atoms with Crippen molar-refractivity contribution in [2.75, 3.05) is 11.6 Å². The van der Waals surface area contributed by atoms with Crippen LogP contribution in [0.3, 0.4) is 0 Å². The smallest absolute Gasteiger partial charge is 0.248 e. The van der Waals surface area contributed by atoms with Gasteiger partial charge < -0.3 is 5.32 Å². The maximum Gasteiger partial charge on any atom is 0.248 e. The number of sulfone groups is 1. The predicted octanol–water partition coefficient (Wildman–Crippen LogP) is 4.04. The first-order valence-corrected chi connectivity index (χ1v) is 9.84. The Morgan fingerprint density at radius 2 is 1.52 bits per heavy atom. The van der Waals surface area contributed by atoms with Crippen LogP contribution in [0.1, 0.15) is 31.9 Å². The van der Waals surface area contributed by atoms with Crippen LogP contribution in [-0.4, -0.2) is 20.6 Å². The highest BCUT2D eigenvalue weighted by Crippen LogP contribution is 2.22. The molecule has 0 saturated heterocycles. The summed E-state index contributed by atoms with van der Waals surface area (Å²) in [6, 6.07) is 14.2. The van der Waals surface area contributed by atoms with Gasteiger partial charge >= 0.3 is 0 Å². The van der Waals surface area contributed by atoms with E-state index >= 15 is 0 Å². The third-order valence-corrected chi connectivity index (χ3v) is 4.88. The van der Waals surface area contributed by atoms with Crippen LogP contribution in [0.5, 0.6) is 0 Å². The van der Waals surface area contributed by atoms with E-state index in [4.69, 9.17) is 0 Å². The van der Waals surface area contributed by atoms with E-state index in [2.05, 4.69) is 38.2 Å². The zero-order chi connectivity index (χ0) is 18.7. The lowest BCUT2D eigenvalue weighted by molar-refractivity contribution is -0.111. The van der Waals surface area contributed by atoms with Crippen molar-refractivity contribution < 1.29 is 13.2 Å². The van der Waals surface area contributed by atoms with Crippen molar-refractivity contribution in [1.29, 1.82) is 0 Å². The second-order valence-corrected chi connectivity index (χ2v) is 9.01. The van der Waals surface area contributed by atoms with Crippen LogP contribution < -0.4 is 5.32 Å². The Morgan fingerprint density at radius 1 is 0.960 bits per heavy atom. The first-order chi connectivity index (χ1) is 11.6. The van der Waals surface area contributed by atoms with Gasteiger partial charge in [0.25, 0.3) is 0 Å². The number of carbonyl (C=O) groups excluding carboxylic acids is 1. The minimum atomic E-state index is -3.24. The Balaban J connectivity index is 2.01. The summed E-state index contributed by atoms with van der Waals surface area (Å²) >= 11 is 0. The first kappa shape index (κ1) is 18.9. The van der Waals surface area contributed by atoms with Crippen LogP contribution in [0.2, 0.25) is 0 Å². The van der Waals surface area contributed by atoms with Gasteiger partial charge in [0.2, 0.25) is 5.91 Å². The molecular weight excluding hydrogens is 334 g/mol. The Bertz CT molecular complexity index is 872. The number of amides is 1. The van der Waals surface area contributed by atoms with Crippen molar-refractivity contribution in [3.63, 3.8) is 0 Å². The summed E-state index contributed by atoms with van der Waals surface area (Å²) in [6.45, 7) is 6.46. The lowest BCUT2D eigenvalue weighted by atomic mass is 9.87. The molecule has 5 heteroatoms. The fraction of sp³-hybridized carbons (Fsp3) is 0.250. The molecule has 4 nitrogen and oxygen atoms in total. The molecule has 2 aromatic carbocycles. The summed E-state index contributed by atoms with van der Waals surface area (Å²) in [5.74, 6) is -0.271. The molecule has 0 fully saturated rings. The highest BCUT2D eigenvalue weighted by Gasteiger charge is 2.12. The zero-order valence-electron chi connectivity index (χ0n) is 14.9. The van der Waals surface area contributed by atoms with Gasteiger partial charge in [-0.3, -0.25) is 4.79 Å². The molecule has 0 unspecified atom stereocenters. The number of hydrogen-bond donors (Lipinski definition) is 1. The molecule has 132 valence electrons. The third-order valence-electron chi connectivity index (χ3n) is 3.75. The molecule has 1 amide bonds. The molecular formula is C20H23NO3S. The molecule has 0 aliphatic rings. The number of anilines is 1. The van der Waals surface area contributed by atoms with Gasteiger partial charge in [0.1, 0.15) is 0 Å². The molecule has 0 spiro atoms. The molecule has 2 rings (SSSR count). The molecule has 0 atom stereocenters. The monoisotopic (exact) mass is 357 g/mol. The molecule has 1 N–H and O–H groups in total. The van der Waals surface area contributed by atoms with Crippen molar-refractivity contribution in [3.8, 4) is 0 Å². The summed E-state index contributed by atoms with van der Waals surface area (Å²) in [5.41, 5.74) is 2.82. The minimum absolute atomic E-state index is 0.0950. The van der Waals surface area contributed by atoms with Crippen LogP contribution >= 0.6 is 0 Å². The maximum absolute atomic E-state index is 12.0. The molecule has 25 heavy (non-hydrogen) atoms. The fourth-order valence-electron chi connectivity index (χ4n) is 2.24.